The highest BCUT2D eigenvalue weighted by atomic mass is 16.5. The summed E-state index contributed by atoms with van der Waals surface area (Å²) in [5.74, 6) is 2.14. The maximum absolute atomic E-state index is 12.3. The third kappa shape index (κ3) is 3.50. The first-order valence-electron chi connectivity index (χ1n) is 11.5. The van der Waals surface area contributed by atoms with E-state index in [4.69, 9.17) is 19.6 Å². The van der Waals surface area contributed by atoms with Gasteiger partial charge in [0.1, 0.15) is 17.1 Å². The molecule has 1 saturated heterocycles. The van der Waals surface area contributed by atoms with Crippen LogP contribution in [-0.4, -0.2) is 48.6 Å². The molecule has 6 rings (SSSR count). The number of fused-ring (bicyclic) bond motifs is 2. The van der Waals surface area contributed by atoms with E-state index in [2.05, 4.69) is 16.0 Å². The van der Waals surface area contributed by atoms with Gasteiger partial charge in [0, 0.05) is 19.2 Å². The van der Waals surface area contributed by atoms with Crippen molar-refractivity contribution in [1.82, 2.24) is 29.3 Å². The minimum absolute atomic E-state index is 0.00195. The molecule has 34 heavy (non-hydrogen) atoms. The molecule has 1 aromatic carbocycles. The van der Waals surface area contributed by atoms with Gasteiger partial charge in [-0.05, 0) is 37.5 Å². The van der Waals surface area contributed by atoms with Crippen molar-refractivity contribution in [2.45, 2.75) is 37.8 Å². The van der Waals surface area contributed by atoms with E-state index >= 15 is 0 Å². The molecule has 0 saturated carbocycles. The molecule has 2 aliphatic rings. The average Bonchev–Trinajstić information content (AvgIpc) is 3.52. The van der Waals surface area contributed by atoms with Gasteiger partial charge in [0.2, 0.25) is 0 Å². The van der Waals surface area contributed by atoms with E-state index < -0.39 is 11.2 Å². The van der Waals surface area contributed by atoms with Crippen LogP contribution in [0.2, 0.25) is 0 Å². The first-order chi connectivity index (χ1) is 16.6. The Morgan fingerprint density at radius 1 is 1.09 bits per heavy atom. The summed E-state index contributed by atoms with van der Waals surface area (Å²) in [6, 6.07) is 11.4. The molecule has 4 aromatic rings. The summed E-state index contributed by atoms with van der Waals surface area (Å²) in [5.41, 5.74) is 0.941. The van der Waals surface area contributed by atoms with Crippen LogP contribution < -0.4 is 16.0 Å². The second kappa shape index (κ2) is 8.21. The number of ether oxygens (including phenoxy) is 2. The van der Waals surface area contributed by atoms with Crippen molar-refractivity contribution >= 4 is 11.0 Å². The first-order valence-corrected chi connectivity index (χ1v) is 11.5. The van der Waals surface area contributed by atoms with Crippen molar-refractivity contribution in [3.05, 3.63) is 68.6 Å². The summed E-state index contributed by atoms with van der Waals surface area (Å²) in [4.78, 5) is 36.3. The third-order valence-corrected chi connectivity index (χ3v) is 6.55. The number of aromatic nitrogens is 6. The average molecular weight is 460 g/mol. The van der Waals surface area contributed by atoms with Crippen LogP contribution in [0.25, 0.3) is 22.6 Å². The lowest BCUT2D eigenvalue weighted by atomic mass is 9.92. The van der Waals surface area contributed by atoms with Crippen LogP contribution >= 0.6 is 0 Å². The van der Waals surface area contributed by atoms with E-state index in [1.165, 1.54) is 4.57 Å². The van der Waals surface area contributed by atoms with Gasteiger partial charge in [0.25, 0.3) is 5.56 Å². The van der Waals surface area contributed by atoms with Gasteiger partial charge in [-0.1, -0.05) is 18.2 Å². The molecule has 0 bridgehead atoms. The fourth-order valence-corrected chi connectivity index (χ4v) is 4.77. The zero-order chi connectivity index (χ0) is 23.2. The predicted molar refractivity (Wildman–Crippen MR) is 124 cm³/mol. The van der Waals surface area contributed by atoms with E-state index in [1.807, 2.05) is 22.9 Å². The molecule has 2 unspecified atom stereocenters. The van der Waals surface area contributed by atoms with Crippen molar-refractivity contribution in [3.63, 3.8) is 0 Å². The molecule has 0 aliphatic carbocycles. The monoisotopic (exact) mass is 460 g/mol. The highest BCUT2D eigenvalue weighted by Crippen LogP contribution is 2.37. The van der Waals surface area contributed by atoms with E-state index in [1.54, 1.807) is 19.2 Å². The lowest BCUT2D eigenvalue weighted by molar-refractivity contribution is 0.0942. The van der Waals surface area contributed by atoms with Crippen LogP contribution in [0.15, 0.2) is 46.0 Å². The summed E-state index contributed by atoms with van der Waals surface area (Å²) in [6.07, 6.45) is 2.82. The van der Waals surface area contributed by atoms with E-state index in [9.17, 15) is 9.59 Å². The van der Waals surface area contributed by atoms with Crippen LogP contribution in [0, 0.1) is 0 Å². The first kappa shape index (κ1) is 20.8. The summed E-state index contributed by atoms with van der Waals surface area (Å²) >= 11 is 0. The van der Waals surface area contributed by atoms with Gasteiger partial charge in [-0.15, -0.1) is 0 Å². The molecular weight excluding hydrogens is 436 g/mol. The fraction of sp³-hybridized carbons (Fsp3) is 0.375. The number of hydrogen-bond donors (Lipinski definition) is 1. The van der Waals surface area contributed by atoms with Crippen LogP contribution in [0.3, 0.4) is 0 Å². The Balaban J connectivity index is 1.49. The number of hydrogen-bond acceptors (Lipinski definition) is 7. The smallest absolute Gasteiger partial charge is 0.329 e. The Bertz CT molecular complexity index is 1500. The Morgan fingerprint density at radius 3 is 2.82 bits per heavy atom. The number of nitrogens with zero attached hydrogens (tertiary/aromatic N) is 5. The molecule has 1 fully saturated rings. The van der Waals surface area contributed by atoms with Crippen LogP contribution in [-0.2, 0) is 18.3 Å². The second-order valence-corrected chi connectivity index (χ2v) is 8.72. The maximum Gasteiger partial charge on any atom is 0.329 e. The number of aryl methyl sites for hydroxylation is 1. The van der Waals surface area contributed by atoms with Crippen molar-refractivity contribution in [3.8, 4) is 17.3 Å². The standard InChI is InChI=1S/C24H24N6O4/c1-29-21-17(23(31)27-24(29)32)8-9-18(25-21)22-26-20(28-30(22)13-14-5-4-11-33-14)16-10-12-34-19-7-3-2-6-15(16)19/h2-3,6-9,14,16H,4-5,10-13H2,1H3,(H,27,31,32). The topological polar surface area (TPSA) is 117 Å². The number of pyridine rings is 1. The molecule has 2 aliphatic heterocycles. The summed E-state index contributed by atoms with van der Waals surface area (Å²) < 4.78 is 14.9. The number of para-hydroxylation sites is 1. The zero-order valence-electron chi connectivity index (χ0n) is 18.7. The van der Waals surface area contributed by atoms with E-state index in [-0.39, 0.29) is 12.0 Å². The quantitative estimate of drug-likeness (QED) is 0.495. The molecule has 5 heterocycles. The third-order valence-electron chi connectivity index (χ3n) is 6.55. The van der Waals surface area contributed by atoms with Gasteiger partial charge in [0.05, 0.1) is 30.6 Å². The van der Waals surface area contributed by atoms with E-state index in [0.717, 1.165) is 37.2 Å². The minimum atomic E-state index is -0.512. The summed E-state index contributed by atoms with van der Waals surface area (Å²) in [7, 11) is 1.58. The van der Waals surface area contributed by atoms with Gasteiger partial charge in [-0.3, -0.25) is 14.3 Å². The summed E-state index contributed by atoms with van der Waals surface area (Å²) in [6.45, 7) is 1.89. The number of H-pyrrole nitrogens is 1. The van der Waals surface area contributed by atoms with Gasteiger partial charge in [-0.2, -0.15) is 5.10 Å². The predicted octanol–water partition coefficient (Wildman–Crippen LogP) is 1.97. The molecule has 10 heteroatoms. The Hall–Kier alpha value is -3.79. The number of rotatable bonds is 4. The van der Waals surface area contributed by atoms with Gasteiger partial charge in [0.15, 0.2) is 11.6 Å². The van der Waals surface area contributed by atoms with Crippen molar-refractivity contribution < 1.29 is 9.47 Å². The van der Waals surface area contributed by atoms with Crippen LogP contribution in [0.1, 0.15) is 36.6 Å². The fourth-order valence-electron chi connectivity index (χ4n) is 4.77. The number of aromatic amines is 1. The lowest BCUT2D eigenvalue weighted by Gasteiger charge is -2.23. The van der Waals surface area contributed by atoms with Crippen LogP contribution in [0.4, 0.5) is 0 Å². The molecule has 174 valence electrons. The largest absolute Gasteiger partial charge is 0.493 e. The lowest BCUT2D eigenvalue weighted by Crippen LogP contribution is -2.29. The Labute approximate surface area is 194 Å². The van der Waals surface area contributed by atoms with E-state index in [0.29, 0.717) is 41.5 Å². The molecule has 0 radical (unpaired) electrons. The minimum Gasteiger partial charge on any atom is -0.493 e. The highest BCUT2D eigenvalue weighted by molar-refractivity contribution is 5.76. The summed E-state index contributed by atoms with van der Waals surface area (Å²) in [5, 5.41) is 5.25. The molecular formula is C24H24N6O4. The maximum atomic E-state index is 12.3. The van der Waals surface area contributed by atoms with Crippen LogP contribution in [0.5, 0.6) is 5.75 Å². The molecule has 10 nitrogen and oxygen atoms in total. The number of nitrogens with one attached hydrogen (secondary N) is 1. The van der Waals surface area contributed by atoms with Crippen molar-refractivity contribution in [2.24, 2.45) is 7.05 Å². The highest BCUT2D eigenvalue weighted by Gasteiger charge is 2.29. The molecule has 0 spiro atoms. The van der Waals surface area contributed by atoms with Gasteiger partial charge >= 0.3 is 5.69 Å². The number of benzene rings is 1. The van der Waals surface area contributed by atoms with Gasteiger partial charge < -0.3 is 9.47 Å². The molecule has 1 N–H and O–H groups in total. The Kier molecular flexibility index (Phi) is 5.02. The van der Waals surface area contributed by atoms with Crippen molar-refractivity contribution in [2.75, 3.05) is 13.2 Å². The Morgan fingerprint density at radius 2 is 1.97 bits per heavy atom. The molecule has 2 atom stereocenters. The second-order valence-electron chi connectivity index (χ2n) is 8.72. The SMILES string of the molecule is Cn1c(=O)[nH]c(=O)c2ccc(-c3nc(C4CCOc5ccccc54)nn3CC3CCCO3)nc21. The zero-order valence-corrected chi connectivity index (χ0v) is 18.7. The van der Waals surface area contributed by atoms with Crippen molar-refractivity contribution in [1.29, 1.82) is 0 Å². The molecule has 3 aromatic heterocycles. The molecule has 0 amide bonds. The normalized spacial score (nSPS) is 19.8. The van der Waals surface area contributed by atoms with Gasteiger partial charge in [-0.25, -0.2) is 19.4 Å².